The molecule has 0 unspecified atom stereocenters. The number of carbonyl (C=O) groups is 3. The van der Waals surface area contributed by atoms with E-state index >= 15 is 0 Å². The summed E-state index contributed by atoms with van der Waals surface area (Å²) in [6.07, 6.45) is 0.886. The smallest absolute Gasteiger partial charge is 0.323 e. The summed E-state index contributed by atoms with van der Waals surface area (Å²) in [5.41, 5.74) is -0.140. The number of hydrogen-bond acceptors (Lipinski definition) is 3. The number of hydrogen-bond donors (Lipinski definition) is 2. The first-order chi connectivity index (χ1) is 10.8. The molecule has 0 spiro atoms. The molecule has 6 nitrogen and oxygen atoms in total. The van der Waals surface area contributed by atoms with Gasteiger partial charge in [-0.2, -0.15) is 0 Å². The molecule has 0 bridgehead atoms. The van der Waals surface area contributed by atoms with Crippen molar-refractivity contribution in [2.24, 2.45) is 0 Å². The quantitative estimate of drug-likeness (QED) is 0.816. The van der Waals surface area contributed by atoms with Gasteiger partial charge in [0.15, 0.2) is 0 Å². The second-order valence-electron chi connectivity index (χ2n) is 5.64. The molecule has 0 radical (unpaired) electrons. The van der Waals surface area contributed by atoms with Crippen molar-refractivity contribution in [2.45, 2.75) is 39.2 Å². The van der Waals surface area contributed by atoms with Crippen molar-refractivity contribution in [3.8, 4) is 0 Å². The maximum atomic E-state index is 13.7. The lowest BCUT2D eigenvalue weighted by Gasteiger charge is -2.23. The number of urea groups is 1. The normalized spacial score (nSPS) is 16.4. The average Bonchev–Trinajstić information content (AvgIpc) is 2.75. The molecule has 7 heteroatoms. The third-order valence-electron chi connectivity index (χ3n) is 4.15. The molecule has 124 valence electrons. The van der Waals surface area contributed by atoms with Gasteiger partial charge in [-0.1, -0.05) is 19.9 Å². The summed E-state index contributed by atoms with van der Waals surface area (Å²) in [5, 5.41) is 5.03. The molecule has 1 saturated heterocycles. The summed E-state index contributed by atoms with van der Waals surface area (Å²) < 4.78 is 13.7. The van der Waals surface area contributed by atoms with Crippen molar-refractivity contribution in [3.05, 3.63) is 29.6 Å². The Morgan fingerprint density at radius 2 is 1.96 bits per heavy atom. The van der Waals surface area contributed by atoms with Gasteiger partial charge < -0.3 is 10.6 Å². The summed E-state index contributed by atoms with van der Waals surface area (Å²) in [7, 11) is 0. The minimum absolute atomic E-state index is 0.0271. The van der Waals surface area contributed by atoms with E-state index in [1.54, 1.807) is 26.8 Å². The molecule has 23 heavy (non-hydrogen) atoms. The van der Waals surface area contributed by atoms with Crippen LogP contribution in [-0.4, -0.2) is 34.8 Å². The third kappa shape index (κ3) is 3.18. The highest BCUT2D eigenvalue weighted by Gasteiger charge is 2.49. The van der Waals surface area contributed by atoms with Gasteiger partial charge in [-0.3, -0.25) is 14.5 Å². The topological polar surface area (TPSA) is 78.5 Å². The number of nitrogens with one attached hydrogen (secondary N) is 2. The minimum Gasteiger partial charge on any atom is -0.323 e. The first-order valence-electron chi connectivity index (χ1n) is 7.53. The molecule has 0 atom stereocenters. The fraction of sp³-hybridized carbons (Fsp3) is 0.438. The van der Waals surface area contributed by atoms with Gasteiger partial charge in [0.25, 0.3) is 5.91 Å². The van der Waals surface area contributed by atoms with Crippen molar-refractivity contribution in [1.29, 1.82) is 0 Å². The zero-order valence-electron chi connectivity index (χ0n) is 13.4. The molecule has 0 saturated carbocycles. The largest absolute Gasteiger partial charge is 0.325 e. The number of aryl methyl sites for hydroxylation is 1. The van der Waals surface area contributed by atoms with E-state index in [9.17, 15) is 18.8 Å². The highest BCUT2D eigenvalue weighted by molar-refractivity contribution is 6.10. The molecule has 0 aliphatic carbocycles. The summed E-state index contributed by atoms with van der Waals surface area (Å²) in [5.74, 6) is -1.62. The van der Waals surface area contributed by atoms with Gasteiger partial charge in [0.05, 0.1) is 5.69 Å². The van der Waals surface area contributed by atoms with Crippen LogP contribution in [0.4, 0.5) is 14.9 Å². The Morgan fingerprint density at radius 1 is 1.30 bits per heavy atom. The van der Waals surface area contributed by atoms with E-state index in [0.29, 0.717) is 12.8 Å². The van der Waals surface area contributed by atoms with Crippen molar-refractivity contribution in [1.82, 2.24) is 10.2 Å². The minimum atomic E-state index is -0.952. The standard InChI is InChI=1S/C16H20FN3O3/c1-4-16(5-2)14(22)20(15(23)19-16)9-13(21)18-12-8-10(3)6-7-11(12)17/h6-8H,4-5,9H2,1-3H3,(H,18,21)(H,19,23). The predicted octanol–water partition coefficient (Wildman–Crippen LogP) is 2.18. The van der Waals surface area contributed by atoms with Crippen molar-refractivity contribution >= 4 is 23.5 Å². The Labute approximate surface area is 134 Å². The Hall–Kier alpha value is -2.44. The van der Waals surface area contributed by atoms with Gasteiger partial charge in [-0.15, -0.1) is 0 Å². The summed E-state index contributed by atoms with van der Waals surface area (Å²) in [4.78, 5) is 37.3. The second kappa shape index (κ2) is 6.36. The first kappa shape index (κ1) is 16.9. The van der Waals surface area contributed by atoms with Crippen molar-refractivity contribution < 1.29 is 18.8 Å². The van der Waals surface area contributed by atoms with E-state index in [1.165, 1.54) is 12.1 Å². The number of nitrogens with zero attached hydrogens (tertiary/aromatic N) is 1. The molecule has 1 heterocycles. The van der Waals surface area contributed by atoms with Gasteiger partial charge in [0, 0.05) is 0 Å². The van der Waals surface area contributed by atoms with Gasteiger partial charge in [-0.05, 0) is 37.5 Å². The van der Waals surface area contributed by atoms with Crippen LogP contribution in [0, 0.1) is 12.7 Å². The summed E-state index contributed by atoms with van der Waals surface area (Å²) in [6.45, 7) is 4.92. The van der Waals surface area contributed by atoms with Gasteiger partial charge >= 0.3 is 6.03 Å². The fourth-order valence-corrected chi connectivity index (χ4v) is 2.62. The SMILES string of the molecule is CCC1(CC)NC(=O)N(CC(=O)Nc2cc(C)ccc2F)C1=O. The Morgan fingerprint density at radius 3 is 2.52 bits per heavy atom. The highest BCUT2D eigenvalue weighted by Crippen LogP contribution is 2.25. The molecule has 1 fully saturated rings. The van der Waals surface area contributed by atoms with E-state index in [4.69, 9.17) is 0 Å². The monoisotopic (exact) mass is 321 g/mol. The number of amides is 4. The van der Waals surface area contributed by atoms with Crippen LogP contribution in [0.5, 0.6) is 0 Å². The first-order valence-corrected chi connectivity index (χ1v) is 7.53. The second-order valence-corrected chi connectivity index (χ2v) is 5.64. The van der Waals surface area contributed by atoms with Crippen LogP contribution in [0.15, 0.2) is 18.2 Å². The van der Waals surface area contributed by atoms with Crippen LogP contribution in [0.3, 0.4) is 0 Å². The Balaban J connectivity index is 2.10. The maximum absolute atomic E-state index is 13.7. The summed E-state index contributed by atoms with van der Waals surface area (Å²) >= 11 is 0. The van der Waals surface area contributed by atoms with E-state index in [-0.39, 0.29) is 5.69 Å². The van der Waals surface area contributed by atoms with E-state index in [1.807, 2.05) is 0 Å². The van der Waals surface area contributed by atoms with Crippen LogP contribution in [0.25, 0.3) is 0 Å². The molecular formula is C16H20FN3O3. The molecule has 2 N–H and O–H groups in total. The summed E-state index contributed by atoms with van der Waals surface area (Å²) in [6, 6.07) is 3.72. The zero-order valence-corrected chi connectivity index (χ0v) is 13.4. The van der Waals surface area contributed by atoms with E-state index in [2.05, 4.69) is 10.6 Å². The number of rotatable bonds is 5. The lowest BCUT2D eigenvalue weighted by Crippen LogP contribution is -2.46. The number of carbonyl (C=O) groups excluding carboxylic acids is 3. The van der Waals surface area contributed by atoms with Crippen LogP contribution >= 0.6 is 0 Å². The van der Waals surface area contributed by atoms with Crippen LogP contribution in [-0.2, 0) is 9.59 Å². The fourth-order valence-electron chi connectivity index (χ4n) is 2.62. The molecule has 0 aromatic heterocycles. The lowest BCUT2D eigenvalue weighted by atomic mass is 9.93. The lowest BCUT2D eigenvalue weighted by molar-refractivity contribution is -0.134. The van der Waals surface area contributed by atoms with Gasteiger partial charge in [0.1, 0.15) is 17.9 Å². The number of benzene rings is 1. The van der Waals surface area contributed by atoms with Gasteiger partial charge in [0.2, 0.25) is 5.91 Å². The maximum Gasteiger partial charge on any atom is 0.325 e. The Kier molecular flexibility index (Phi) is 4.68. The molecule has 4 amide bonds. The van der Waals surface area contributed by atoms with E-state index in [0.717, 1.165) is 10.5 Å². The van der Waals surface area contributed by atoms with Crippen LogP contribution in [0.1, 0.15) is 32.3 Å². The van der Waals surface area contributed by atoms with E-state index < -0.39 is 35.7 Å². The molecule has 1 aliphatic rings. The van der Waals surface area contributed by atoms with Crippen LogP contribution in [0.2, 0.25) is 0 Å². The van der Waals surface area contributed by atoms with Crippen molar-refractivity contribution in [3.63, 3.8) is 0 Å². The average molecular weight is 321 g/mol. The number of halogens is 1. The molecular weight excluding hydrogens is 301 g/mol. The number of imide groups is 1. The van der Waals surface area contributed by atoms with Crippen LogP contribution < -0.4 is 10.6 Å². The highest BCUT2D eigenvalue weighted by atomic mass is 19.1. The molecule has 1 aromatic carbocycles. The third-order valence-corrected chi connectivity index (χ3v) is 4.15. The number of anilines is 1. The zero-order chi connectivity index (χ0) is 17.2. The van der Waals surface area contributed by atoms with Gasteiger partial charge in [-0.25, -0.2) is 9.18 Å². The Bertz CT molecular complexity index is 656. The molecule has 2 rings (SSSR count). The van der Waals surface area contributed by atoms with Crippen molar-refractivity contribution in [2.75, 3.05) is 11.9 Å². The molecule has 1 aliphatic heterocycles. The predicted molar refractivity (Wildman–Crippen MR) is 83.3 cm³/mol. The molecule has 1 aromatic rings.